The van der Waals surface area contributed by atoms with E-state index in [2.05, 4.69) is 20.2 Å². The number of anilines is 1. The first kappa shape index (κ1) is 15.5. The molecule has 2 heterocycles. The first-order valence-electron chi connectivity index (χ1n) is 8.30. The van der Waals surface area contributed by atoms with Crippen molar-refractivity contribution < 1.29 is 4.79 Å². The van der Waals surface area contributed by atoms with Gasteiger partial charge >= 0.3 is 0 Å². The van der Waals surface area contributed by atoms with Gasteiger partial charge in [0.05, 0.1) is 12.1 Å². The Morgan fingerprint density at radius 2 is 1.84 bits per heavy atom. The minimum atomic E-state index is -0.341. The van der Waals surface area contributed by atoms with E-state index in [1.807, 2.05) is 54.6 Å². The average Bonchev–Trinajstić information content (AvgIpc) is 2.63. The van der Waals surface area contributed by atoms with E-state index in [4.69, 9.17) is 5.73 Å². The molecule has 25 heavy (non-hydrogen) atoms. The Bertz CT molecular complexity index is 912. The fraction of sp³-hybridized carbons (Fsp3) is 0.211. The van der Waals surface area contributed by atoms with Crippen LogP contribution in [0.25, 0.3) is 10.9 Å². The van der Waals surface area contributed by atoms with Crippen molar-refractivity contribution in [3.8, 4) is 0 Å². The van der Waals surface area contributed by atoms with Gasteiger partial charge in [0.2, 0.25) is 5.91 Å². The van der Waals surface area contributed by atoms with Gasteiger partial charge in [-0.15, -0.1) is 0 Å². The van der Waals surface area contributed by atoms with E-state index in [0.29, 0.717) is 24.7 Å². The van der Waals surface area contributed by atoms with Gasteiger partial charge in [-0.2, -0.15) is 0 Å². The number of nitrogen functional groups attached to an aromatic ring is 1. The van der Waals surface area contributed by atoms with Crippen molar-refractivity contribution >= 4 is 22.6 Å². The largest absolute Gasteiger partial charge is 0.383 e. The lowest BCUT2D eigenvalue weighted by Crippen LogP contribution is -2.49. The fourth-order valence-electron chi connectivity index (χ4n) is 3.29. The zero-order valence-corrected chi connectivity index (χ0v) is 13.7. The number of piperazine rings is 1. The van der Waals surface area contributed by atoms with E-state index in [1.165, 1.54) is 0 Å². The summed E-state index contributed by atoms with van der Waals surface area (Å²) in [5.74, 6) is 1.11. The van der Waals surface area contributed by atoms with Crippen molar-refractivity contribution in [1.82, 2.24) is 20.2 Å². The third-order valence-electron chi connectivity index (χ3n) is 4.45. The van der Waals surface area contributed by atoms with Crippen molar-refractivity contribution in [3.05, 3.63) is 66.0 Å². The minimum absolute atomic E-state index is 0.00575. The summed E-state index contributed by atoms with van der Waals surface area (Å²) < 4.78 is 0. The summed E-state index contributed by atoms with van der Waals surface area (Å²) in [6, 6.07) is 17.1. The van der Waals surface area contributed by atoms with Crippen LogP contribution in [0.3, 0.4) is 0 Å². The number of nitrogens with zero attached hydrogens (tertiary/aromatic N) is 3. The summed E-state index contributed by atoms with van der Waals surface area (Å²) in [4.78, 5) is 23.6. The molecule has 3 N–H and O–H groups in total. The number of fused-ring (bicyclic) bond motifs is 1. The van der Waals surface area contributed by atoms with Crippen LogP contribution < -0.4 is 11.1 Å². The molecule has 4 rings (SSSR count). The van der Waals surface area contributed by atoms with Crippen LogP contribution in [0.2, 0.25) is 0 Å². The van der Waals surface area contributed by atoms with Gasteiger partial charge in [0.15, 0.2) is 0 Å². The average molecular weight is 333 g/mol. The highest BCUT2D eigenvalue weighted by Crippen LogP contribution is 2.25. The predicted molar refractivity (Wildman–Crippen MR) is 96.6 cm³/mol. The first-order chi connectivity index (χ1) is 12.2. The molecule has 126 valence electrons. The molecule has 1 aliphatic rings. The summed E-state index contributed by atoms with van der Waals surface area (Å²) in [5.41, 5.74) is 7.87. The van der Waals surface area contributed by atoms with E-state index in [0.717, 1.165) is 23.0 Å². The number of aromatic nitrogens is 2. The Morgan fingerprint density at radius 1 is 1.08 bits per heavy atom. The molecule has 0 unspecified atom stereocenters. The lowest BCUT2D eigenvalue weighted by molar-refractivity contribution is -0.129. The zero-order valence-electron chi connectivity index (χ0n) is 13.7. The quantitative estimate of drug-likeness (QED) is 0.764. The lowest BCUT2D eigenvalue weighted by atomic mass is 10.0. The molecule has 2 aromatic carbocycles. The molecular weight excluding hydrogens is 314 g/mol. The molecule has 6 nitrogen and oxygen atoms in total. The molecule has 6 heteroatoms. The second-order valence-electron chi connectivity index (χ2n) is 6.12. The third kappa shape index (κ3) is 3.04. The van der Waals surface area contributed by atoms with Gasteiger partial charge in [-0.25, -0.2) is 9.97 Å². The monoisotopic (exact) mass is 333 g/mol. The molecule has 1 fully saturated rings. The fourth-order valence-corrected chi connectivity index (χ4v) is 3.29. The molecule has 0 saturated carbocycles. The summed E-state index contributed by atoms with van der Waals surface area (Å²) in [6.07, 6.45) is 0. The molecule has 0 radical (unpaired) electrons. The van der Waals surface area contributed by atoms with E-state index < -0.39 is 0 Å². The number of benzene rings is 2. The molecule has 0 aliphatic carbocycles. The molecule has 1 saturated heterocycles. The summed E-state index contributed by atoms with van der Waals surface area (Å²) in [5, 5.41) is 3.79. The van der Waals surface area contributed by atoms with Crippen LogP contribution in [0.1, 0.15) is 17.4 Å². The van der Waals surface area contributed by atoms with Gasteiger partial charge < -0.3 is 11.1 Å². The molecule has 3 aromatic rings. The lowest BCUT2D eigenvalue weighted by Gasteiger charge is -2.34. The van der Waals surface area contributed by atoms with Crippen LogP contribution in [-0.4, -0.2) is 33.9 Å². The molecular formula is C19H19N5O. The van der Waals surface area contributed by atoms with E-state index >= 15 is 0 Å². The van der Waals surface area contributed by atoms with Gasteiger partial charge in [-0.3, -0.25) is 9.69 Å². The Morgan fingerprint density at radius 3 is 2.68 bits per heavy atom. The number of para-hydroxylation sites is 1. The number of amides is 1. The maximum atomic E-state index is 12.5. The van der Waals surface area contributed by atoms with Crippen molar-refractivity contribution in [2.75, 3.05) is 18.8 Å². The Balaban J connectivity index is 1.67. The van der Waals surface area contributed by atoms with Gasteiger partial charge in [-0.1, -0.05) is 42.5 Å². The van der Waals surface area contributed by atoms with Crippen molar-refractivity contribution in [1.29, 1.82) is 0 Å². The smallest absolute Gasteiger partial charge is 0.242 e. The van der Waals surface area contributed by atoms with Crippen LogP contribution in [0.15, 0.2) is 54.6 Å². The topological polar surface area (TPSA) is 84.1 Å². The highest BCUT2D eigenvalue weighted by atomic mass is 16.2. The van der Waals surface area contributed by atoms with Crippen LogP contribution >= 0.6 is 0 Å². The Kier molecular flexibility index (Phi) is 4.03. The number of hydrogen-bond acceptors (Lipinski definition) is 5. The molecule has 1 amide bonds. The van der Waals surface area contributed by atoms with E-state index in [9.17, 15) is 4.79 Å². The van der Waals surface area contributed by atoms with E-state index in [-0.39, 0.29) is 11.9 Å². The van der Waals surface area contributed by atoms with Crippen molar-refractivity contribution in [2.24, 2.45) is 0 Å². The second-order valence-corrected chi connectivity index (χ2v) is 6.12. The normalized spacial score (nSPS) is 18.2. The molecule has 0 bridgehead atoms. The molecule has 1 aliphatic heterocycles. The minimum Gasteiger partial charge on any atom is -0.383 e. The number of hydrogen-bond donors (Lipinski definition) is 2. The van der Waals surface area contributed by atoms with Crippen LogP contribution in [0.5, 0.6) is 0 Å². The summed E-state index contributed by atoms with van der Waals surface area (Å²) >= 11 is 0. The van der Waals surface area contributed by atoms with Gasteiger partial charge in [0, 0.05) is 18.5 Å². The maximum Gasteiger partial charge on any atom is 0.242 e. The summed E-state index contributed by atoms with van der Waals surface area (Å²) in [6.45, 7) is 1.83. The summed E-state index contributed by atoms with van der Waals surface area (Å²) in [7, 11) is 0. The number of nitrogens with one attached hydrogen (secondary N) is 1. The third-order valence-corrected chi connectivity index (χ3v) is 4.45. The van der Waals surface area contributed by atoms with E-state index in [1.54, 1.807) is 0 Å². The number of carbonyl (C=O) groups excluding carboxylic acids is 1. The number of nitrogens with two attached hydrogens (primary N) is 1. The standard InChI is InChI=1S/C19H19N5O/c20-18-14-8-4-5-9-15(14)22-16(23-18)12-24-11-10-21-19(25)17(24)13-6-2-1-3-7-13/h1-9,17H,10-12H2,(H,21,25)(H2,20,22,23)/t17-/m1/s1. The predicted octanol–water partition coefficient (Wildman–Crippen LogP) is 1.89. The SMILES string of the molecule is Nc1nc(CN2CCNC(=O)[C@H]2c2ccccc2)nc2ccccc12. The highest BCUT2D eigenvalue weighted by molar-refractivity contribution is 5.87. The van der Waals surface area contributed by atoms with Crippen molar-refractivity contribution in [3.63, 3.8) is 0 Å². The second kappa shape index (κ2) is 6.49. The van der Waals surface area contributed by atoms with Gasteiger partial charge in [0.1, 0.15) is 17.7 Å². The molecule has 1 aromatic heterocycles. The van der Waals surface area contributed by atoms with Crippen LogP contribution in [-0.2, 0) is 11.3 Å². The first-order valence-corrected chi connectivity index (χ1v) is 8.30. The highest BCUT2D eigenvalue weighted by Gasteiger charge is 2.31. The Labute approximate surface area is 145 Å². The van der Waals surface area contributed by atoms with Crippen molar-refractivity contribution in [2.45, 2.75) is 12.6 Å². The van der Waals surface area contributed by atoms with Gasteiger partial charge in [-0.05, 0) is 17.7 Å². The maximum absolute atomic E-state index is 12.5. The van der Waals surface area contributed by atoms with Crippen LogP contribution in [0.4, 0.5) is 5.82 Å². The Hall–Kier alpha value is -2.99. The number of rotatable bonds is 3. The van der Waals surface area contributed by atoms with Crippen LogP contribution in [0, 0.1) is 0 Å². The molecule has 0 spiro atoms. The zero-order chi connectivity index (χ0) is 17.2. The molecule has 1 atom stereocenters. The number of carbonyl (C=O) groups is 1. The van der Waals surface area contributed by atoms with Gasteiger partial charge in [0.25, 0.3) is 0 Å².